The summed E-state index contributed by atoms with van der Waals surface area (Å²) < 4.78 is 28.5. The quantitative estimate of drug-likeness (QED) is 0.471. The highest BCUT2D eigenvalue weighted by atomic mass is 35.7. The Bertz CT molecular complexity index is 557. The Balaban J connectivity index is 3.22. The van der Waals surface area contributed by atoms with E-state index in [4.69, 9.17) is 15.4 Å². The number of rotatable bonds is 5. The molecule has 0 saturated heterocycles. The van der Waals surface area contributed by atoms with Crippen LogP contribution in [0.2, 0.25) is 0 Å². The predicted molar refractivity (Wildman–Crippen MR) is 78.5 cm³/mol. The summed E-state index contributed by atoms with van der Waals surface area (Å²) in [6.07, 6.45) is 2.51. The van der Waals surface area contributed by atoms with E-state index in [0.29, 0.717) is 12.4 Å². The van der Waals surface area contributed by atoms with Gasteiger partial charge in [-0.05, 0) is 30.0 Å². The fraction of sp³-hybridized carbons (Fsp3) is 0.429. The van der Waals surface area contributed by atoms with Crippen LogP contribution in [-0.4, -0.2) is 15.0 Å². The first kappa shape index (κ1) is 16.1. The Hall–Kier alpha value is -1.00. The second kappa shape index (κ2) is 5.97. The minimum absolute atomic E-state index is 0.0927. The summed E-state index contributed by atoms with van der Waals surface area (Å²) in [4.78, 5) is 0.0927. The molecule has 0 N–H and O–H groups in total. The fourth-order valence-corrected chi connectivity index (χ4v) is 2.40. The minimum atomic E-state index is -3.73. The van der Waals surface area contributed by atoms with Gasteiger partial charge < -0.3 is 4.74 Å². The van der Waals surface area contributed by atoms with Crippen LogP contribution < -0.4 is 4.74 Å². The minimum Gasteiger partial charge on any atom is -0.493 e. The Morgan fingerprint density at radius 3 is 2.47 bits per heavy atom. The molecule has 0 bridgehead atoms. The van der Waals surface area contributed by atoms with Gasteiger partial charge in [0.2, 0.25) is 0 Å². The normalized spacial score (nSPS) is 12.2. The van der Waals surface area contributed by atoms with Crippen molar-refractivity contribution >= 4 is 19.7 Å². The van der Waals surface area contributed by atoms with Crippen LogP contribution in [0.25, 0.3) is 0 Å². The van der Waals surface area contributed by atoms with E-state index in [1.807, 2.05) is 20.8 Å². The Morgan fingerprint density at radius 1 is 1.37 bits per heavy atom. The molecule has 1 aromatic carbocycles. The van der Waals surface area contributed by atoms with Crippen molar-refractivity contribution in [1.82, 2.24) is 0 Å². The van der Waals surface area contributed by atoms with E-state index >= 15 is 0 Å². The van der Waals surface area contributed by atoms with E-state index in [2.05, 4.69) is 6.58 Å². The van der Waals surface area contributed by atoms with Crippen LogP contribution in [0.1, 0.15) is 32.8 Å². The first-order valence-corrected chi connectivity index (χ1v) is 8.30. The van der Waals surface area contributed by atoms with E-state index in [1.54, 1.807) is 18.2 Å². The summed E-state index contributed by atoms with van der Waals surface area (Å²) >= 11 is 0. The average Bonchev–Trinajstić information content (AvgIpc) is 2.27. The number of hydrogen-bond donors (Lipinski definition) is 0. The second-order valence-corrected chi connectivity index (χ2v) is 7.84. The molecule has 0 fully saturated rings. The molecule has 106 valence electrons. The summed E-state index contributed by atoms with van der Waals surface area (Å²) in [5, 5.41) is 0. The molecule has 0 saturated carbocycles. The molecule has 1 aromatic rings. The van der Waals surface area contributed by atoms with Crippen molar-refractivity contribution in [2.45, 2.75) is 37.5 Å². The lowest BCUT2D eigenvalue weighted by Gasteiger charge is -2.23. The van der Waals surface area contributed by atoms with Crippen molar-refractivity contribution in [3.05, 3.63) is 36.4 Å². The van der Waals surface area contributed by atoms with Gasteiger partial charge in [0.15, 0.2) is 0 Å². The molecule has 0 heterocycles. The van der Waals surface area contributed by atoms with Gasteiger partial charge in [-0.15, -0.1) is 6.58 Å². The van der Waals surface area contributed by atoms with Crippen molar-refractivity contribution in [2.75, 3.05) is 6.61 Å². The highest BCUT2D eigenvalue weighted by Crippen LogP contribution is 2.34. The Labute approximate surface area is 119 Å². The van der Waals surface area contributed by atoms with Gasteiger partial charge in [-0.3, -0.25) is 0 Å². The van der Waals surface area contributed by atoms with Gasteiger partial charge in [-0.25, -0.2) is 8.42 Å². The lowest BCUT2D eigenvalue weighted by molar-refractivity contribution is 0.315. The molecule has 0 aliphatic carbocycles. The molecule has 0 aliphatic rings. The summed E-state index contributed by atoms with van der Waals surface area (Å²) in [5.41, 5.74) is 0.583. The van der Waals surface area contributed by atoms with Crippen molar-refractivity contribution in [2.24, 2.45) is 0 Å². The van der Waals surface area contributed by atoms with E-state index in [-0.39, 0.29) is 10.3 Å². The van der Waals surface area contributed by atoms with Gasteiger partial charge in [-0.2, -0.15) is 0 Å². The molecule has 0 spiro atoms. The van der Waals surface area contributed by atoms with Crippen LogP contribution in [-0.2, 0) is 14.5 Å². The molecule has 0 atom stereocenters. The molecule has 0 aliphatic heterocycles. The first-order valence-electron chi connectivity index (χ1n) is 5.99. The molecule has 19 heavy (non-hydrogen) atoms. The van der Waals surface area contributed by atoms with Crippen molar-refractivity contribution in [3.63, 3.8) is 0 Å². The van der Waals surface area contributed by atoms with Crippen LogP contribution in [0.5, 0.6) is 5.75 Å². The number of benzene rings is 1. The largest absolute Gasteiger partial charge is 0.493 e. The van der Waals surface area contributed by atoms with Crippen LogP contribution >= 0.6 is 10.7 Å². The molecule has 5 heteroatoms. The third-order valence-corrected chi connectivity index (χ3v) is 3.97. The van der Waals surface area contributed by atoms with Gasteiger partial charge in [0.1, 0.15) is 5.75 Å². The molecule has 0 unspecified atom stereocenters. The van der Waals surface area contributed by atoms with Crippen molar-refractivity contribution in [3.8, 4) is 5.75 Å². The van der Waals surface area contributed by atoms with E-state index < -0.39 is 9.05 Å². The van der Waals surface area contributed by atoms with Gasteiger partial charge >= 0.3 is 0 Å². The number of ether oxygens (including phenoxy) is 1. The number of halogens is 1. The maximum absolute atomic E-state index is 11.4. The summed E-state index contributed by atoms with van der Waals surface area (Å²) in [6, 6.07) is 4.69. The second-order valence-electron chi connectivity index (χ2n) is 5.27. The summed E-state index contributed by atoms with van der Waals surface area (Å²) in [6.45, 7) is 10.1. The Kier molecular flexibility index (Phi) is 5.04. The molecule has 3 nitrogen and oxygen atoms in total. The lowest BCUT2D eigenvalue weighted by Crippen LogP contribution is -2.14. The van der Waals surface area contributed by atoms with E-state index in [9.17, 15) is 8.42 Å². The lowest BCUT2D eigenvalue weighted by atomic mass is 9.86. The monoisotopic (exact) mass is 302 g/mol. The van der Waals surface area contributed by atoms with Crippen LogP contribution in [0.3, 0.4) is 0 Å². The van der Waals surface area contributed by atoms with Gasteiger partial charge in [0.25, 0.3) is 9.05 Å². The first-order chi connectivity index (χ1) is 8.66. The molecule has 0 radical (unpaired) electrons. The fourth-order valence-electron chi connectivity index (χ4n) is 1.62. The zero-order chi connectivity index (χ0) is 14.7. The average molecular weight is 303 g/mol. The highest BCUT2D eigenvalue weighted by Gasteiger charge is 2.22. The van der Waals surface area contributed by atoms with Crippen molar-refractivity contribution in [1.29, 1.82) is 0 Å². The van der Waals surface area contributed by atoms with Crippen LogP contribution in [0, 0.1) is 0 Å². The SMILES string of the molecule is C=CCCOc1ccc(S(=O)(=O)Cl)cc1C(C)(C)C. The Morgan fingerprint density at radius 2 is 2.00 bits per heavy atom. The molecule has 0 amide bonds. The maximum atomic E-state index is 11.4. The summed E-state index contributed by atoms with van der Waals surface area (Å²) in [7, 11) is 1.65. The van der Waals surface area contributed by atoms with Gasteiger partial charge in [-0.1, -0.05) is 26.8 Å². The number of hydrogen-bond acceptors (Lipinski definition) is 3. The molecular formula is C14H19ClO3S. The molecule has 1 rings (SSSR count). The van der Waals surface area contributed by atoms with Crippen LogP contribution in [0.15, 0.2) is 35.7 Å². The molecule has 0 aromatic heterocycles. The standard InChI is InChI=1S/C14H19ClO3S/c1-5-6-9-18-13-8-7-11(19(15,16)17)10-12(13)14(2,3)4/h5,7-8,10H,1,6,9H2,2-4H3. The zero-order valence-corrected chi connectivity index (χ0v) is 13.0. The summed E-state index contributed by atoms with van der Waals surface area (Å²) in [5.74, 6) is 0.679. The van der Waals surface area contributed by atoms with E-state index in [1.165, 1.54) is 6.07 Å². The smallest absolute Gasteiger partial charge is 0.261 e. The van der Waals surface area contributed by atoms with Gasteiger partial charge in [0.05, 0.1) is 11.5 Å². The zero-order valence-electron chi connectivity index (χ0n) is 11.4. The third-order valence-electron chi connectivity index (χ3n) is 2.62. The molecular weight excluding hydrogens is 284 g/mol. The van der Waals surface area contributed by atoms with E-state index in [0.717, 1.165) is 12.0 Å². The topological polar surface area (TPSA) is 43.4 Å². The third kappa shape index (κ3) is 4.55. The highest BCUT2D eigenvalue weighted by molar-refractivity contribution is 8.13. The van der Waals surface area contributed by atoms with Crippen LogP contribution in [0.4, 0.5) is 0 Å². The van der Waals surface area contributed by atoms with Gasteiger partial charge in [0, 0.05) is 16.2 Å². The maximum Gasteiger partial charge on any atom is 0.261 e. The predicted octanol–water partition coefficient (Wildman–Crippen LogP) is 3.87. The van der Waals surface area contributed by atoms with Crippen molar-refractivity contribution < 1.29 is 13.2 Å².